The smallest absolute Gasteiger partial charge is 0.153 e. The topological polar surface area (TPSA) is 69.4 Å². The van der Waals surface area contributed by atoms with Gasteiger partial charge in [0.15, 0.2) is 9.84 Å². The Labute approximate surface area is 79.4 Å². The van der Waals surface area contributed by atoms with Crippen molar-refractivity contribution in [1.29, 1.82) is 0 Å². The minimum atomic E-state index is -2.88. The molecule has 0 bridgehead atoms. The molecule has 0 aromatic heterocycles. The van der Waals surface area contributed by atoms with Crippen LogP contribution in [0.15, 0.2) is 0 Å². The van der Waals surface area contributed by atoms with Gasteiger partial charge in [0, 0.05) is 6.61 Å². The molecule has 2 N–H and O–H groups in total. The second-order valence-corrected chi connectivity index (χ2v) is 5.68. The Hall–Kier alpha value is -0.130. The standard InChI is InChI=1S/C8H17NO3S/c1-2-12-8(3-5-9)4-6-13(10,11)7-8/h2-7,9H2,1H3. The molecule has 78 valence electrons. The van der Waals surface area contributed by atoms with Gasteiger partial charge in [-0.3, -0.25) is 0 Å². The predicted molar refractivity (Wildman–Crippen MR) is 51.3 cm³/mol. The van der Waals surface area contributed by atoms with Gasteiger partial charge in [-0.15, -0.1) is 0 Å². The Morgan fingerprint density at radius 3 is 2.62 bits per heavy atom. The van der Waals surface area contributed by atoms with Crippen LogP contribution in [0.25, 0.3) is 0 Å². The summed E-state index contributed by atoms with van der Waals surface area (Å²) in [6.45, 7) is 2.91. The lowest BCUT2D eigenvalue weighted by atomic mass is 9.99. The lowest BCUT2D eigenvalue weighted by molar-refractivity contribution is -0.0231. The van der Waals surface area contributed by atoms with Crippen LogP contribution in [0.5, 0.6) is 0 Å². The molecule has 1 atom stereocenters. The van der Waals surface area contributed by atoms with Gasteiger partial charge in [-0.2, -0.15) is 0 Å². The quantitative estimate of drug-likeness (QED) is 0.700. The summed E-state index contributed by atoms with van der Waals surface area (Å²) in [6.07, 6.45) is 1.24. The van der Waals surface area contributed by atoms with Crippen molar-refractivity contribution >= 4 is 9.84 Å². The van der Waals surface area contributed by atoms with Crippen molar-refractivity contribution in [2.24, 2.45) is 5.73 Å². The fourth-order valence-corrected chi connectivity index (χ4v) is 3.84. The van der Waals surface area contributed by atoms with Crippen LogP contribution < -0.4 is 5.73 Å². The summed E-state index contributed by atoms with van der Waals surface area (Å²) in [4.78, 5) is 0. The Balaban J connectivity index is 2.71. The van der Waals surface area contributed by atoms with E-state index in [1.54, 1.807) is 0 Å². The molecule has 1 saturated heterocycles. The molecule has 1 rings (SSSR count). The maximum Gasteiger partial charge on any atom is 0.153 e. The molecule has 5 heteroatoms. The third-order valence-electron chi connectivity index (χ3n) is 2.40. The molecule has 0 aromatic carbocycles. The van der Waals surface area contributed by atoms with Crippen molar-refractivity contribution in [3.63, 3.8) is 0 Å². The Morgan fingerprint density at radius 1 is 1.54 bits per heavy atom. The third kappa shape index (κ3) is 2.65. The number of ether oxygens (including phenoxy) is 1. The van der Waals surface area contributed by atoms with Crippen LogP contribution in [0, 0.1) is 0 Å². The van der Waals surface area contributed by atoms with Crippen LogP contribution in [0.3, 0.4) is 0 Å². The molecule has 0 spiro atoms. The molecule has 1 aliphatic heterocycles. The monoisotopic (exact) mass is 207 g/mol. The van der Waals surface area contributed by atoms with Gasteiger partial charge < -0.3 is 10.5 Å². The molecule has 1 unspecified atom stereocenters. The first-order valence-corrected chi connectivity index (χ1v) is 6.40. The van der Waals surface area contributed by atoms with E-state index in [2.05, 4.69) is 0 Å². The Bertz CT molecular complexity index is 255. The van der Waals surface area contributed by atoms with Gasteiger partial charge in [-0.05, 0) is 26.3 Å². The summed E-state index contributed by atoms with van der Waals surface area (Å²) in [6, 6.07) is 0. The minimum Gasteiger partial charge on any atom is -0.374 e. The molecule has 4 nitrogen and oxygen atoms in total. The second-order valence-electron chi connectivity index (χ2n) is 3.50. The number of sulfone groups is 1. The first-order chi connectivity index (χ1) is 6.04. The molecule has 1 fully saturated rings. The summed E-state index contributed by atoms with van der Waals surface area (Å²) < 4.78 is 28.1. The normalized spacial score (nSPS) is 32.2. The van der Waals surface area contributed by atoms with Gasteiger partial charge in [-0.25, -0.2) is 8.42 Å². The highest BCUT2D eigenvalue weighted by molar-refractivity contribution is 7.91. The molecule has 13 heavy (non-hydrogen) atoms. The SMILES string of the molecule is CCOC1(CCN)CCS(=O)(=O)C1. The van der Waals surface area contributed by atoms with Crippen molar-refractivity contribution < 1.29 is 13.2 Å². The fraction of sp³-hybridized carbons (Fsp3) is 1.00. The highest BCUT2D eigenvalue weighted by Gasteiger charge is 2.42. The molecular weight excluding hydrogens is 190 g/mol. The van der Waals surface area contributed by atoms with Gasteiger partial charge in [0.2, 0.25) is 0 Å². The van der Waals surface area contributed by atoms with Gasteiger partial charge in [0.25, 0.3) is 0 Å². The maximum absolute atomic E-state index is 11.3. The molecule has 0 aliphatic carbocycles. The second kappa shape index (κ2) is 3.94. The largest absolute Gasteiger partial charge is 0.374 e. The van der Waals surface area contributed by atoms with E-state index in [1.165, 1.54) is 0 Å². The van der Waals surface area contributed by atoms with Gasteiger partial charge in [-0.1, -0.05) is 0 Å². The molecule has 0 radical (unpaired) electrons. The van der Waals surface area contributed by atoms with Crippen LogP contribution in [0.4, 0.5) is 0 Å². The molecule has 1 aliphatic rings. The summed E-state index contributed by atoms with van der Waals surface area (Å²) in [5.41, 5.74) is 4.95. The van der Waals surface area contributed by atoms with Crippen molar-refractivity contribution in [3.8, 4) is 0 Å². The zero-order chi connectivity index (χ0) is 9.95. The Morgan fingerprint density at radius 2 is 2.23 bits per heavy atom. The van der Waals surface area contributed by atoms with E-state index in [0.29, 0.717) is 26.0 Å². The number of hydrogen-bond acceptors (Lipinski definition) is 4. The number of hydrogen-bond donors (Lipinski definition) is 1. The van der Waals surface area contributed by atoms with Crippen LogP contribution in [-0.4, -0.2) is 38.7 Å². The number of rotatable bonds is 4. The van der Waals surface area contributed by atoms with E-state index in [9.17, 15) is 8.42 Å². The minimum absolute atomic E-state index is 0.144. The van der Waals surface area contributed by atoms with Crippen molar-refractivity contribution in [1.82, 2.24) is 0 Å². The van der Waals surface area contributed by atoms with E-state index in [-0.39, 0.29) is 11.5 Å². The van der Waals surface area contributed by atoms with E-state index in [4.69, 9.17) is 10.5 Å². The summed E-state index contributed by atoms with van der Waals surface area (Å²) >= 11 is 0. The average Bonchev–Trinajstić information content (AvgIpc) is 2.28. The molecule has 1 heterocycles. The average molecular weight is 207 g/mol. The van der Waals surface area contributed by atoms with Crippen LogP contribution >= 0.6 is 0 Å². The molecular formula is C8H17NO3S. The highest BCUT2D eigenvalue weighted by Crippen LogP contribution is 2.30. The van der Waals surface area contributed by atoms with E-state index in [1.807, 2.05) is 6.92 Å². The first-order valence-electron chi connectivity index (χ1n) is 4.58. The zero-order valence-corrected chi connectivity index (χ0v) is 8.77. The van der Waals surface area contributed by atoms with E-state index in [0.717, 1.165) is 0 Å². The first kappa shape index (κ1) is 10.9. The fourth-order valence-electron chi connectivity index (χ4n) is 1.84. The number of nitrogens with two attached hydrogens (primary N) is 1. The van der Waals surface area contributed by atoms with Gasteiger partial charge in [0.05, 0.1) is 17.1 Å². The van der Waals surface area contributed by atoms with Gasteiger partial charge in [0.1, 0.15) is 0 Å². The zero-order valence-electron chi connectivity index (χ0n) is 7.95. The third-order valence-corrected chi connectivity index (χ3v) is 4.19. The van der Waals surface area contributed by atoms with Crippen LogP contribution in [0.1, 0.15) is 19.8 Å². The van der Waals surface area contributed by atoms with Crippen molar-refractivity contribution in [2.75, 3.05) is 24.7 Å². The lowest BCUT2D eigenvalue weighted by Gasteiger charge is -2.26. The predicted octanol–water partition coefficient (Wildman–Crippen LogP) is -0.0710. The van der Waals surface area contributed by atoms with Gasteiger partial charge >= 0.3 is 0 Å². The highest BCUT2D eigenvalue weighted by atomic mass is 32.2. The summed E-state index contributed by atoms with van der Waals surface area (Å²) in [7, 11) is -2.88. The van der Waals surface area contributed by atoms with Crippen LogP contribution in [-0.2, 0) is 14.6 Å². The molecule has 0 aromatic rings. The van der Waals surface area contributed by atoms with E-state index < -0.39 is 15.4 Å². The summed E-state index contributed by atoms with van der Waals surface area (Å²) in [5, 5.41) is 0. The summed E-state index contributed by atoms with van der Waals surface area (Å²) in [5.74, 6) is 0.387. The maximum atomic E-state index is 11.3. The lowest BCUT2D eigenvalue weighted by Crippen LogP contribution is -2.36. The Kier molecular flexibility index (Phi) is 3.32. The molecule has 0 amide bonds. The van der Waals surface area contributed by atoms with Crippen molar-refractivity contribution in [2.45, 2.75) is 25.4 Å². The van der Waals surface area contributed by atoms with Crippen LogP contribution in [0.2, 0.25) is 0 Å². The molecule has 0 saturated carbocycles. The van der Waals surface area contributed by atoms with E-state index >= 15 is 0 Å². The van der Waals surface area contributed by atoms with Crippen molar-refractivity contribution in [3.05, 3.63) is 0 Å².